The first kappa shape index (κ1) is 16.7. The number of likely N-dealkylation sites (tertiary alicyclic amines) is 1. The van der Waals surface area contributed by atoms with Crippen LogP contribution in [0, 0.1) is 6.92 Å². The van der Waals surface area contributed by atoms with E-state index in [1.54, 1.807) is 6.92 Å². The van der Waals surface area contributed by atoms with Crippen LogP contribution in [-0.4, -0.2) is 46.5 Å². The van der Waals surface area contributed by atoms with Crippen LogP contribution >= 0.6 is 0 Å². The van der Waals surface area contributed by atoms with Gasteiger partial charge in [-0.15, -0.1) is 0 Å². The second-order valence-electron chi connectivity index (χ2n) is 6.06. The van der Waals surface area contributed by atoms with Crippen LogP contribution in [0.25, 0.3) is 0 Å². The summed E-state index contributed by atoms with van der Waals surface area (Å²) in [7, 11) is 0. The van der Waals surface area contributed by atoms with E-state index in [2.05, 4.69) is 27.1 Å². The molecule has 1 aromatic rings. The van der Waals surface area contributed by atoms with Gasteiger partial charge in [-0.2, -0.15) is 0 Å². The quantitative estimate of drug-likeness (QED) is 0.788. The van der Waals surface area contributed by atoms with Crippen molar-refractivity contribution in [2.24, 2.45) is 0 Å². The summed E-state index contributed by atoms with van der Waals surface area (Å²) in [5.41, 5.74) is 0.553. The summed E-state index contributed by atoms with van der Waals surface area (Å²) >= 11 is 0. The smallest absolute Gasteiger partial charge is 0.251 e. The number of nitrogens with one attached hydrogen (secondary N) is 2. The van der Waals surface area contributed by atoms with E-state index in [4.69, 9.17) is 0 Å². The van der Waals surface area contributed by atoms with Gasteiger partial charge in [0.2, 0.25) is 5.91 Å². The number of amides is 1. The van der Waals surface area contributed by atoms with Crippen LogP contribution in [0.2, 0.25) is 0 Å². The maximum Gasteiger partial charge on any atom is 0.251 e. The number of hydrogen-bond acceptors (Lipinski definition) is 4. The second kappa shape index (κ2) is 8.08. The van der Waals surface area contributed by atoms with E-state index in [9.17, 15) is 9.59 Å². The minimum Gasteiger partial charge on any atom is -0.356 e. The van der Waals surface area contributed by atoms with Gasteiger partial charge >= 0.3 is 0 Å². The highest BCUT2D eigenvalue weighted by Gasteiger charge is 2.18. The van der Waals surface area contributed by atoms with Gasteiger partial charge in [-0.05, 0) is 46.2 Å². The van der Waals surface area contributed by atoms with Gasteiger partial charge < -0.3 is 15.2 Å². The van der Waals surface area contributed by atoms with Crippen molar-refractivity contribution in [3.63, 3.8) is 0 Å². The van der Waals surface area contributed by atoms with Crippen molar-refractivity contribution < 1.29 is 4.79 Å². The van der Waals surface area contributed by atoms with Crippen LogP contribution in [0.3, 0.4) is 0 Å². The number of H-pyrrole nitrogens is 1. The Kier molecular flexibility index (Phi) is 6.12. The molecule has 6 heteroatoms. The van der Waals surface area contributed by atoms with Gasteiger partial charge in [-0.3, -0.25) is 9.59 Å². The molecule has 2 heterocycles. The molecule has 0 aliphatic carbocycles. The predicted octanol–water partition coefficient (Wildman–Crippen LogP) is 1.00. The Hall–Kier alpha value is -1.69. The van der Waals surface area contributed by atoms with Crippen LogP contribution in [0.5, 0.6) is 0 Å². The van der Waals surface area contributed by atoms with Crippen LogP contribution in [0.4, 0.5) is 0 Å². The molecule has 1 aliphatic rings. The third-order valence-corrected chi connectivity index (χ3v) is 4.16. The zero-order valence-electron chi connectivity index (χ0n) is 13.5. The minimum absolute atomic E-state index is 0.0704. The molecular weight excluding hydrogens is 280 g/mol. The highest BCUT2D eigenvalue weighted by Crippen LogP contribution is 2.14. The Balaban J connectivity index is 1.66. The molecule has 1 aromatic heterocycles. The van der Waals surface area contributed by atoms with Gasteiger partial charge in [0.25, 0.3) is 5.56 Å². The summed E-state index contributed by atoms with van der Waals surface area (Å²) in [5.74, 6) is 0.691. The Morgan fingerprint density at radius 1 is 1.45 bits per heavy atom. The van der Waals surface area contributed by atoms with Crippen LogP contribution in [0.1, 0.15) is 44.1 Å². The maximum absolute atomic E-state index is 11.9. The number of aromatic nitrogens is 2. The number of carbonyl (C=O) groups excluding carboxylic acids is 1. The van der Waals surface area contributed by atoms with Gasteiger partial charge in [0.05, 0.1) is 0 Å². The molecule has 0 radical (unpaired) electrons. The summed E-state index contributed by atoms with van der Waals surface area (Å²) in [4.78, 5) is 32.6. The van der Waals surface area contributed by atoms with Crippen LogP contribution < -0.4 is 10.9 Å². The molecular formula is C16H26N4O2. The monoisotopic (exact) mass is 306 g/mol. The maximum atomic E-state index is 11.9. The molecule has 1 saturated heterocycles. The number of aryl methyl sites for hydroxylation is 1. The molecule has 0 bridgehead atoms. The normalized spacial score (nSPS) is 16.6. The average molecular weight is 306 g/mol. The van der Waals surface area contributed by atoms with E-state index in [0.717, 1.165) is 19.5 Å². The standard InChI is InChI=1S/C16H26N4O2/c1-12-11-16(22)19-14(18-12)7-8-17-15(21)6-5-13(2)20-9-3-4-10-20/h11,13H,3-10H2,1-2H3,(H,17,21)(H,18,19,22)/t13-/m0/s1. The SMILES string of the molecule is Cc1cc(=O)[nH]c(CCNC(=O)CC[C@H](C)N2CCCC2)n1. The third kappa shape index (κ3) is 5.26. The molecule has 6 nitrogen and oxygen atoms in total. The summed E-state index contributed by atoms with van der Waals surface area (Å²) in [6, 6.07) is 1.94. The van der Waals surface area contributed by atoms with Crippen molar-refractivity contribution in [1.82, 2.24) is 20.2 Å². The van der Waals surface area contributed by atoms with Crippen molar-refractivity contribution in [2.75, 3.05) is 19.6 Å². The summed E-state index contributed by atoms with van der Waals surface area (Å²) in [5, 5.41) is 2.90. The number of rotatable bonds is 7. The van der Waals surface area contributed by atoms with E-state index in [1.165, 1.54) is 18.9 Å². The molecule has 0 spiro atoms. The molecule has 1 aliphatic heterocycles. The topological polar surface area (TPSA) is 78.1 Å². The molecule has 1 atom stereocenters. The van der Waals surface area contributed by atoms with Crippen molar-refractivity contribution in [3.05, 3.63) is 27.9 Å². The molecule has 122 valence electrons. The zero-order valence-corrected chi connectivity index (χ0v) is 13.5. The fourth-order valence-electron chi connectivity index (χ4n) is 2.87. The number of nitrogens with zero attached hydrogens (tertiary/aromatic N) is 2. The lowest BCUT2D eigenvalue weighted by Gasteiger charge is -2.23. The van der Waals surface area contributed by atoms with Gasteiger partial charge in [-0.1, -0.05) is 0 Å². The number of hydrogen-bond donors (Lipinski definition) is 2. The highest BCUT2D eigenvalue weighted by molar-refractivity contribution is 5.75. The molecule has 1 amide bonds. The first-order valence-electron chi connectivity index (χ1n) is 8.12. The predicted molar refractivity (Wildman–Crippen MR) is 85.8 cm³/mol. The fourth-order valence-corrected chi connectivity index (χ4v) is 2.87. The number of carbonyl (C=O) groups is 1. The second-order valence-corrected chi connectivity index (χ2v) is 6.06. The number of aromatic amines is 1. The van der Waals surface area contributed by atoms with Crippen molar-refractivity contribution in [2.45, 2.75) is 52.0 Å². The van der Waals surface area contributed by atoms with Crippen molar-refractivity contribution in [3.8, 4) is 0 Å². The van der Waals surface area contributed by atoms with Crippen LogP contribution in [-0.2, 0) is 11.2 Å². The summed E-state index contributed by atoms with van der Waals surface area (Å²) in [6.07, 6.45) is 4.54. The third-order valence-electron chi connectivity index (χ3n) is 4.16. The van der Waals surface area contributed by atoms with Gasteiger partial charge in [0, 0.05) is 37.2 Å². The molecule has 2 rings (SSSR count). The van der Waals surface area contributed by atoms with Gasteiger partial charge in [0.1, 0.15) is 5.82 Å². The lowest BCUT2D eigenvalue weighted by atomic mass is 10.1. The largest absolute Gasteiger partial charge is 0.356 e. The van der Waals surface area contributed by atoms with E-state index >= 15 is 0 Å². The van der Waals surface area contributed by atoms with E-state index in [-0.39, 0.29) is 11.5 Å². The minimum atomic E-state index is -0.145. The zero-order chi connectivity index (χ0) is 15.9. The molecule has 0 aromatic carbocycles. The molecule has 0 saturated carbocycles. The molecule has 2 N–H and O–H groups in total. The Bertz CT molecular complexity index is 549. The summed E-state index contributed by atoms with van der Waals surface area (Å²) in [6.45, 7) is 6.81. The van der Waals surface area contributed by atoms with E-state index < -0.39 is 0 Å². The van der Waals surface area contributed by atoms with Gasteiger partial charge in [0.15, 0.2) is 0 Å². The average Bonchev–Trinajstić information content (AvgIpc) is 2.98. The highest BCUT2D eigenvalue weighted by atomic mass is 16.1. The lowest BCUT2D eigenvalue weighted by molar-refractivity contribution is -0.121. The Morgan fingerprint density at radius 2 is 2.18 bits per heavy atom. The molecule has 1 fully saturated rings. The van der Waals surface area contributed by atoms with Crippen molar-refractivity contribution in [1.29, 1.82) is 0 Å². The molecule has 0 unspecified atom stereocenters. The van der Waals surface area contributed by atoms with Gasteiger partial charge in [-0.25, -0.2) is 4.98 Å². The summed E-state index contributed by atoms with van der Waals surface area (Å²) < 4.78 is 0. The Morgan fingerprint density at radius 3 is 2.86 bits per heavy atom. The Labute approximate surface area is 131 Å². The van der Waals surface area contributed by atoms with E-state index in [0.29, 0.717) is 36.9 Å². The van der Waals surface area contributed by atoms with Crippen LogP contribution in [0.15, 0.2) is 10.9 Å². The van der Waals surface area contributed by atoms with Crippen molar-refractivity contribution >= 4 is 5.91 Å². The molecule has 22 heavy (non-hydrogen) atoms. The first-order valence-corrected chi connectivity index (χ1v) is 8.12. The van der Waals surface area contributed by atoms with E-state index in [1.807, 2.05) is 0 Å². The lowest BCUT2D eigenvalue weighted by Crippen LogP contribution is -2.32. The fraction of sp³-hybridized carbons (Fsp3) is 0.688. The first-order chi connectivity index (χ1) is 10.5.